The van der Waals surface area contributed by atoms with Crippen molar-refractivity contribution in [1.29, 1.82) is 0 Å². The van der Waals surface area contributed by atoms with Gasteiger partial charge in [-0.25, -0.2) is 0 Å². The van der Waals surface area contributed by atoms with Crippen LogP contribution in [-0.4, -0.2) is 31.2 Å². The van der Waals surface area contributed by atoms with Crippen LogP contribution in [-0.2, 0) is 0 Å². The van der Waals surface area contributed by atoms with E-state index in [1.165, 1.54) is 6.21 Å². The molecule has 0 aromatic heterocycles. The Morgan fingerprint density at radius 3 is 2.54 bits per heavy atom. The van der Waals surface area contributed by atoms with Crippen molar-refractivity contribution in [1.82, 2.24) is 0 Å². The Morgan fingerprint density at radius 1 is 1.08 bits per heavy atom. The number of hydrogen-bond donors (Lipinski definition) is 1. The van der Waals surface area contributed by atoms with Gasteiger partial charge in [-0.1, -0.05) is 35.0 Å². The number of oxime groups is 1. The van der Waals surface area contributed by atoms with Crippen LogP contribution in [0, 0.1) is 6.92 Å². The van der Waals surface area contributed by atoms with Gasteiger partial charge in [0, 0.05) is 5.56 Å². The predicted octanol–water partition coefficient (Wildman–Crippen LogP) is 4.31. The standard InChI is InChI=1S/C18H20ClNO4/c1-3-22-17-11-14(12-20-21)10-15(19)18(17)24-9-8-23-16-7-5-4-6-13(16)2/h4-7,10-12,21H,3,8-9H2,1-2H3. The van der Waals surface area contributed by atoms with Crippen molar-refractivity contribution >= 4 is 17.8 Å². The maximum absolute atomic E-state index is 8.64. The average molecular weight is 350 g/mol. The second kappa shape index (κ2) is 9.03. The van der Waals surface area contributed by atoms with Gasteiger partial charge in [0.05, 0.1) is 17.8 Å². The maximum Gasteiger partial charge on any atom is 0.179 e. The molecular weight excluding hydrogens is 330 g/mol. The van der Waals surface area contributed by atoms with E-state index < -0.39 is 0 Å². The minimum Gasteiger partial charge on any atom is -0.490 e. The summed E-state index contributed by atoms with van der Waals surface area (Å²) in [6.07, 6.45) is 1.28. The summed E-state index contributed by atoms with van der Waals surface area (Å²) in [5, 5.41) is 12.0. The van der Waals surface area contributed by atoms with Crippen LogP contribution in [0.1, 0.15) is 18.1 Å². The second-order valence-electron chi connectivity index (χ2n) is 4.97. The lowest BCUT2D eigenvalue weighted by Gasteiger charge is -2.15. The van der Waals surface area contributed by atoms with Crippen LogP contribution >= 0.6 is 11.6 Å². The lowest BCUT2D eigenvalue weighted by molar-refractivity contribution is 0.208. The minimum atomic E-state index is 0.321. The van der Waals surface area contributed by atoms with E-state index in [-0.39, 0.29) is 0 Å². The summed E-state index contributed by atoms with van der Waals surface area (Å²) in [5.41, 5.74) is 1.69. The SMILES string of the molecule is CCOc1cc(C=NO)cc(Cl)c1OCCOc1ccccc1C. The molecule has 2 rings (SSSR count). The van der Waals surface area contributed by atoms with Crippen molar-refractivity contribution in [3.05, 3.63) is 52.5 Å². The summed E-state index contributed by atoms with van der Waals surface area (Å²) >= 11 is 6.24. The van der Waals surface area contributed by atoms with Gasteiger partial charge < -0.3 is 19.4 Å². The van der Waals surface area contributed by atoms with Crippen molar-refractivity contribution in [2.75, 3.05) is 19.8 Å². The third-order valence-electron chi connectivity index (χ3n) is 3.22. The molecule has 1 N–H and O–H groups in total. The topological polar surface area (TPSA) is 60.3 Å². The molecule has 0 bridgehead atoms. The number of halogens is 1. The molecule has 2 aromatic carbocycles. The summed E-state index contributed by atoms with van der Waals surface area (Å²) in [6, 6.07) is 11.1. The van der Waals surface area contributed by atoms with Crippen LogP contribution in [0.3, 0.4) is 0 Å². The molecule has 0 aliphatic carbocycles. The molecule has 24 heavy (non-hydrogen) atoms. The van der Waals surface area contributed by atoms with E-state index in [0.717, 1.165) is 11.3 Å². The molecule has 6 heteroatoms. The Bertz CT molecular complexity index is 703. The van der Waals surface area contributed by atoms with Gasteiger partial charge in [0.15, 0.2) is 11.5 Å². The van der Waals surface area contributed by atoms with Crippen molar-refractivity contribution in [3.8, 4) is 17.2 Å². The quantitative estimate of drug-likeness (QED) is 0.334. The first kappa shape index (κ1) is 17.9. The van der Waals surface area contributed by atoms with Crippen LogP contribution < -0.4 is 14.2 Å². The fraction of sp³-hybridized carbons (Fsp3) is 0.278. The van der Waals surface area contributed by atoms with Gasteiger partial charge in [-0.2, -0.15) is 0 Å². The molecule has 0 saturated heterocycles. The molecule has 128 valence electrons. The summed E-state index contributed by atoms with van der Waals surface area (Å²) < 4.78 is 17.0. The molecule has 0 saturated carbocycles. The number of benzene rings is 2. The highest BCUT2D eigenvalue weighted by Gasteiger charge is 2.12. The summed E-state index contributed by atoms with van der Waals surface area (Å²) in [6.45, 7) is 5.02. The van der Waals surface area contributed by atoms with Gasteiger partial charge in [0.25, 0.3) is 0 Å². The summed E-state index contributed by atoms with van der Waals surface area (Å²) in [7, 11) is 0. The molecule has 0 aliphatic heterocycles. The van der Waals surface area contributed by atoms with Crippen molar-refractivity contribution in [2.24, 2.45) is 5.16 Å². The lowest BCUT2D eigenvalue weighted by Crippen LogP contribution is -2.11. The van der Waals surface area contributed by atoms with E-state index in [9.17, 15) is 0 Å². The van der Waals surface area contributed by atoms with E-state index in [0.29, 0.717) is 41.9 Å². The highest BCUT2D eigenvalue weighted by Crippen LogP contribution is 2.36. The molecule has 0 aliphatic rings. The van der Waals surface area contributed by atoms with Gasteiger partial charge >= 0.3 is 0 Å². The molecule has 0 unspecified atom stereocenters. The number of hydrogen-bond acceptors (Lipinski definition) is 5. The molecule has 0 fully saturated rings. The summed E-state index contributed by atoms with van der Waals surface area (Å²) in [5.74, 6) is 1.77. The Hall–Kier alpha value is -2.40. The molecule has 0 spiro atoms. The van der Waals surface area contributed by atoms with Gasteiger partial charge in [-0.05, 0) is 37.6 Å². The smallest absolute Gasteiger partial charge is 0.179 e. The molecule has 0 atom stereocenters. The third-order valence-corrected chi connectivity index (χ3v) is 3.50. The zero-order chi connectivity index (χ0) is 17.4. The molecule has 0 radical (unpaired) electrons. The van der Waals surface area contributed by atoms with Crippen molar-refractivity contribution < 1.29 is 19.4 Å². The predicted molar refractivity (Wildman–Crippen MR) is 94.2 cm³/mol. The minimum absolute atomic E-state index is 0.321. The third kappa shape index (κ3) is 4.80. The highest BCUT2D eigenvalue weighted by molar-refractivity contribution is 6.32. The van der Waals surface area contributed by atoms with Crippen LogP contribution in [0.15, 0.2) is 41.6 Å². The monoisotopic (exact) mass is 349 g/mol. The Morgan fingerprint density at radius 2 is 1.83 bits per heavy atom. The van der Waals surface area contributed by atoms with E-state index >= 15 is 0 Å². The molecule has 2 aromatic rings. The normalized spacial score (nSPS) is 10.8. The first-order valence-electron chi connectivity index (χ1n) is 7.60. The van der Waals surface area contributed by atoms with Crippen molar-refractivity contribution in [3.63, 3.8) is 0 Å². The molecule has 0 heterocycles. The number of aryl methyl sites for hydroxylation is 1. The zero-order valence-corrected chi connectivity index (χ0v) is 14.4. The lowest BCUT2D eigenvalue weighted by atomic mass is 10.2. The van der Waals surface area contributed by atoms with Crippen LogP contribution in [0.5, 0.6) is 17.2 Å². The van der Waals surface area contributed by atoms with Crippen LogP contribution in [0.25, 0.3) is 0 Å². The van der Waals surface area contributed by atoms with Gasteiger partial charge in [-0.15, -0.1) is 0 Å². The Labute approximate surface area is 146 Å². The summed E-state index contributed by atoms with van der Waals surface area (Å²) in [4.78, 5) is 0. The number of nitrogens with zero attached hydrogens (tertiary/aromatic N) is 1. The fourth-order valence-electron chi connectivity index (χ4n) is 2.15. The maximum atomic E-state index is 8.64. The zero-order valence-electron chi connectivity index (χ0n) is 13.7. The Kier molecular flexibility index (Phi) is 6.75. The first-order valence-corrected chi connectivity index (χ1v) is 7.98. The van der Waals surface area contributed by atoms with E-state index in [1.807, 2.05) is 38.1 Å². The van der Waals surface area contributed by atoms with Gasteiger partial charge in [0.2, 0.25) is 0 Å². The first-order chi connectivity index (χ1) is 11.7. The molecular formula is C18H20ClNO4. The average Bonchev–Trinajstić information content (AvgIpc) is 2.55. The van der Waals surface area contributed by atoms with Crippen molar-refractivity contribution in [2.45, 2.75) is 13.8 Å². The Balaban J connectivity index is 2.02. The molecule has 5 nitrogen and oxygen atoms in total. The molecule has 0 amide bonds. The fourth-order valence-corrected chi connectivity index (χ4v) is 2.42. The van der Waals surface area contributed by atoms with Crippen LogP contribution in [0.4, 0.5) is 0 Å². The van der Waals surface area contributed by atoms with Crippen LogP contribution in [0.2, 0.25) is 5.02 Å². The van der Waals surface area contributed by atoms with E-state index in [2.05, 4.69) is 5.16 Å². The van der Waals surface area contributed by atoms with Gasteiger partial charge in [-0.3, -0.25) is 0 Å². The largest absolute Gasteiger partial charge is 0.490 e. The van der Waals surface area contributed by atoms with E-state index in [4.69, 9.17) is 31.0 Å². The highest BCUT2D eigenvalue weighted by atomic mass is 35.5. The second-order valence-corrected chi connectivity index (χ2v) is 5.38. The number of para-hydroxylation sites is 1. The number of ether oxygens (including phenoxy) is 3. The number of rotatable bonds is 8. The van der Waals surface area contributed by atoms with E-state index in [1.54, 1.807) is 12.1 Å². The van der Waals surface area contributed by atoms with Gasteiger partial charge in [0.1, 0.15) is 19.0 Å².